The predicted octanol–water partition coefficient (Wildman–Crippen LogP) is 0.810. The van der Waals surface area contributed by atoms with Crippen LogP contribution in [0.15, 0.2) is 29.3 Å². The summed E-state index contributed by atoms with van der Waals surface area (Å²) in [4.78, 5) is 33.0. The van der Waals surface area contributed by atoms with Gasteiger partial charge in [-0.3, -0.25) is 18.9 Å². The molecule has 2 saturated heterocycles. The molecule has 2 aliphatic heterocycles. The van der Waals surface area contributed by atoms with Gasteiger partial charge in [0.05, 0.1) is 5.56 Å². The number of pyridine rings is 1. The Labute approximate surface area is 134 Å². The third-order valence-corrected chi connectivity index (χ3v) is 4.91. The summed E-state index contributed by atoms with van der Waals surface area (Å²) < 4.78 is 1.61. The van der Waals surface area contributed by atoms with E-state index in [4.69, 9.17) is 0 Å². The van der Waals surface area contributed by atoms with Gasteiger partial charge in [-0.2, -0.15) is 0 Å². The highest BCUT2D eigenvalue weighted by molar-refractivity contribution is 5.78. The molecule has 2 aliphatic rings. The standard InChI is InChI=1S/C17H20N4O2/c1-12-4-5-21-15(8-12)18-9-13(17(21)23)10-19-6-7-20-14(11-19)2-3-16(20)22/h4-5,8-9,14H,2-3,6-7,10-11H2,1H3. The van der Waals surface area contributed by atoms with Crippen LogP contribution in [0.4, 0.5) is 0 Å². The van der Waals surface area contributed by atoms with E-state index in [-0.39, 0.29) is 11.5 Å². The number of piperazine rings is 1. The molecule has 4 heterocycles. The van der Waals surface area contributed by atoms with Crippen LogP contribution in [0.5, 0.6) is 0 Å². The monoisotopic (exact) mass is 312 g/mol. The van der Waals surface area contributed by atoms with Gasteiger partial charge in [0.2, 0.25) is 5.91 Å². The topological polar surface area (TPSA) is 57.9 Å². The van der Waals surface area contributed by atoms with Crippen LogP contribution >= 0.6 is 0 Å². The van der Waals surface area contributed by atoms with E-state index in [9.17, 15) is 9.59 Å². The maximum absolute atomic E-state index is 12.6. The Kier molecular flexibility index (Phi) is 3.41. The summed E-state index contributed by atoms with van der Waals surface area (Å²) in [6.45, 7) is 5.02. The van der Waals surface area contributed by atoms with Gasteiger partial charge >= 0.3 is 0 Å². The number of aryl methyl sites for hydroxylation is 1. The van der Waals surface area contributed by atoms with E-state index >= 15 is 0 Å². The number of nitrogens with zero attached hydrogens (tertiary/aromatic N) is 4. The fourth-order valence-corrected chi connectivity index (χ4v) is 3.64. The molecule has 0 radical (unpaired) electrons. The number of hydrogen-bond acceptors (Lipinski definition) is 4. The van der Waals surface area contributed by atoms with Crippen LogP contribution in [0.25, 0.3) is 5.65 Å². The molecule has 0 bridgehead atoms. The molecule has 1 unspecified atom stereocenters. The number of carbonyl (C=O) groups is 1. The van der Waals surface area contributed by atoms with Crippen molar-refractivity contribution in [2.45, 2.75) is 32.4 Å². The van der Waals surface area contributed by atoms with Crippen LogP contribution in [0, 0.1) is 6.92 Å². The molecule has 2 aromatic heterocycles. The second kappa shape index (κ2) is 5.45. The third-order valence-electron chi connectivity index (χ3n) is 4.91. The lowest BCUT2D eigenvalue weighted by Crippen LogP contribution is -2.51. The zero-order valence-electron chi connectivity index (χ0n) is 13.2. The number of rotatable bonds is 2. The van der Waals surface area contributed by atoms with Crippen molar-refractivity contribution < 1.29 is 4.79 Å². The first kappa shape index (κ1) is 14.4. The molecule has 120 valence electrons. The summed E-state index contributed by atoms with van der Waals surface area (Å²) in [7, 11) is 0. The van der Waals surface area contributed by atoms with Gasteiger partial charge in [0.25, 0.3) is 5.56 Å². The summed E-state index contributed by atoms with van der Waals surface area (Å²) in [5.74, 6) is 0.275. The minimum Gasteiger partial charge on any atom is -0.337 e. The zero-order valence-corrected chi connectivity index (χ0v) is 13.2. The smallest absolute Gasteiger partial charge is 0.262 e. The SMILES string of the molecule is Cc1ccn2c(=O)c(CN3CCN4C(=O)CCC4C3)cnc2c1. The Hall–Kier alpha value is -2.21. The lowest BCUT2D eigenvalue weighted by Gasteiger charge is -2.37. The molecule has 4 rings (SSSR count). The third kappa shape index (κ3) is 2.53. The van der Waals surface area contributed by atoms with Gasteiger partial charge < -0.3 is 4.90 Å². The second-order valence-corrected chi connectivity index (χ2v) is 6.54. The zero-order chi connectivity index (χ0) is 16.0. The van der Waals surface area contributed by atoms with E-state index in [1.165, 1.54) is 0 Å². The summed E-state index contributed by atoms with van der Waals surface area (Å²) in [6.07, 6.45) is 5.09. The van der Waals surface area contributed by atoms with E-state index < -0.39 is 0 Å². The molecular weight excluding hydrogens is 292 g/mol. The predicted molar refractivity (Wildman–Crippen MR) is 86.2 cm³/mol. The van der Waals surface area contributed by atoms with Crippen molar-refractivity contribution in [2.24, 2.45) is 0 Å². The van der Waals surface area contributed by atoms with E-state index in [0.717, 1.165) is 31.6 Å². The van der Waals surface area contributed by atoms with Crippen molar-refractivity contribution in [1.82, 2.24) is 19.2 Å². The number of fused-ring (bicyclic) bond motifs is 2. The average Bonchev–Trinajstić information content (AvgIpc) is 2.91. The summed E-state index contributed by atoms with van der Waals surface area (Å²) in [6, 6.07) is 4.15. The van der Waals surface area contributed by atoms with Crippen molar-refractivity contribution in [1.29, 1.82) is 0 Å². The molecule has 0 aliphatic carbocycles. The first-order valence-corrected chi connectivity index (χ1v) is 8.10. The van der Waals surface area contributed by atoms with Crippen molar-refractivity contribution in [3.63, 3.8) is 0 Å². The van der Waals surface area contributed by atoms with Crippen LogP contribution in [0.3, 0.4) is 0 Å². The van der Waals surface area contributed by atoms with Crippen molar-refractivity contribution in [3.05, 3.63) is 46.0 Å². The Bertz CT molecular complexity index is 829. The maximum Gasteiger partial charge on any atom is 0.262 e. The fraction of sp³-hybridized carbons (Fsp3) is 0.471. The van der Waals surface area contributed by atoms with E-state index in [1.54, 1.807) is 16.8 Å². The molecule has 0 aromatic carbocycles. The van der Waals surface area contributed by atoms with Gasteiger partial charge in [0.15, 0.2) is 0 Å². The fourth-order valence-electron chi connectivity index (χ4n) is 3.64. The Morgan fingerprint density at radius 2 is 2.17 bits per heavy atom. The van der Waals surface area contributed by atoms with Gasteiger partial charge in [-0.25, -0.2) is 4.98 Å². The molecule has 1 atom stereocenters. The average molecular weight is 312 g/mol. The van der Waals surface area contributed by atoms with Gasteiger partial charge in [-0.05, 0) is 31.0 Å². The molecule has 0 saturated carbocycles. The molecule has 0 spiro atoms. The lowest BCUT2D eigenvalue weighted by atomic mass is 10.1. The molecule has 2 fully saturated rings. The van der Waals surface area contributed by atoms with E-state index in [2.05, 4.69) is 9.88 Å². The van der Waals surface area contributed by atoms with Crippen molar-refractivity contribution in [3.8, 4) is 0 Å². The van der Waals surface area contributed by atoms with Crippen LogP contribution in [0.1, 0.15) is 24.0 Å². The number of hydrogen-bond donors (Lipinski definition) is 0. The van der Waals surface area contributed by atoms with Gasteiger partial charge in [-0.1, -0.05) is 0 Å². The lowest BCUT2D eigenvalue weighted by molar-refractivity contribution is -0.130. The summed E-state index contributed by atoms with van der Waals surface area (Å²) in [5, 5.41) is 0. The number of carbonyl (C=O) groups excluding carboxylic acids is 1. The molecule has 23 heavy (non-hydrogen) atoms. The first-order chi connectivity index (χ1) is 11.1. The molecular formula is C17H20N4O2. The largest absolute Gasteiger partial charge is 0.337 e. The molecule has 0 N–H and O–H groups in total. The van der Waals surface area contributed by atoms with Crippen LogP contribution < -0.4 is 5.56 Å². The number of amides is 1. The van der Waals surface area contributed by atoms with E-state index in [1.807, 2.05) is 24.0 Å². The maximum atomic E-state index is 12.6. The van der Waals surface area contributed by atoms with Crippen LogP contribution in [-0.4, -0.2) is 50.8 Å². The highest BCUT2D eigenvalue weighted by Crippen LogP contribution is 2.23. The Balaban J connectivity index is 1.56. The normalized spacial score (nSPS) is 21.9. The minimum absolute atomic E-state index is 0.0000667. The Morgan fingerprint density at radius 3 is 3.04 bits per heavy atom. The van der Waals surface area contributed by atoms with Crippen LogP contribution in [0.2, 0.25) is 0 Å². The second-order valence-electron chi connectivity index (χ2n) is 6.54. The minimum atomic E-state index is -0.0000667. The quantitative estimate of drug-likeness (QED) is 0.823. The van der Waals surface area contributed by atoms with Gasteiger partial charge in [0.1, 0.15) is 5.65 Å². The van der Waals surface area contributed by atoms with Crippen molar-refractivity contribution in [2.75, 3.05) is 19.6 Å². The highest BCUT2D eigenvalue weighted by Gasteiger charge is 2.35. The van der Waals surface area contributed by atoms with Crippen molar-refractivity contribution >= 4 is 11.6 Å². The van der Waals surface area contributed by atoms with Gasteiger partial charge in [-0.15, -0.1) is 0 Å². The van der Waals surface area contributed by atoms with Crippen LogP contribution in [-0.2, 0) is 11.3 Å². The summed E-state index contributed by atoms with van der Waals surface area (Å²) in [5.41, 5.74) is 2.49. The summed E-state index contributed by atoms with van der Waals surface area (Å²) >= 11 is 0. The number of aromatic nitrogens is 2. The molecule has 1 amide bonds. The molecule has 6 nitrogen and oxygen atoms in total. The highest BCUT2D eigenvalue weighted by atomic mass is 16.2. The van der Waals surface area contributed by atoms with E-state index in [0.29, 0.717) is 30.2 Å². The first-order valence-electron chi connectivity index (χ1n) is 8.10. The van der Waals surface area contributed by atoms with Gasteiger partial charge in [0, 0.05) is 51.0 Å². The molecule has 2 aromatic rings. The molecule has 6 heteroatoms. The Morgan fingerprint density at radius 1 is 1.30 bits per heavy atom.